The maximum Gasteiger partial charge on any atom is 0.335 e. The fourth-order valence-corrected chi connectivity index (χ4v) is 4.99. The molecule has 178 valence electrons. The Morgan fingerprint density at radius 3 is 2.37 bits per heavy atom. The molecule has 0 aromatic heterocycles. The number of amides is 4. The molecule has 6 nitrogen and oxygen atoms in total. The second-order valence-electron chi connectivity index (χ2n) is 7.95. The summed E-state index contributed by atoms with van der Waals surface area (Å²) in [4.78, 5) is 39.5. The van der Waals surface area contributed by atoms with Crippen molar-refractivity contribution in [1.29, 1.82) is 0 Å². The molecule has 0 saturated carbocycles. The first kappa shape index (κ1) is 25.2. The van der Waals surface area contributed by atoms with Gasteiger partial charge in [-0.3, -0.25) is 14.9 Å². The smallest absolute Gasteiger partial charge is 0.335 e. The van der Waals surface area contributed by atoms with Crippen molar-refractivity contribution in [2.24, 2.45) is 0 Å². The number of barbiturate groups is 1. The van der Waals surface area contributed by atoms with Gasteiger partial charge in [0, 0.05) is 15.1 Å². The van der Waals surface area contributed by atoms with Crippen LogP contribution in [0.3, 0.4) is 0 Å². The van der Waals surface area contributed by atoms with Gasteiger partial charge in [-0.15, -0.1) is 0 Å². The van der Waals surface area contributed by atoms with E-state index in [4.69, 9.17) is 16.3 Å². The van der Waals surface area contributed by atoms with Crippen LogP contribution in [0.5, 0.6) is 5.75 Å². The fourth-order valence-electron chi connectivity index (χ4n) is 3.49. The number of carbonyl (C=O) groups excluding carboxylic acids is 3. The summed E-state index contributed by atoms with van der Waals surface area (Å²) in [5, 5.41) is 2.88. The van der Waals surface area contributed by atoms with Gasteiger partial charge in [-0.25, -0.2) is 9.69 Å². The Bertz CT molecular complexity index is 1390. The van der Waals surface area contributed by atoms with Gasteiger partial charge in [0.2, 0.25) is 0 Å². The normalized spacial score (nSPS) is 14.9. The second kappa shape index (κ2) is 10.4. The number of nitrogens with zero attached hydrogens (tertiary/aromatic N) is 1. The predicted molar refractivity (Wildman–Crippen MR) is 143 cm³/mol. The molecule has 0 aliphatic carbocycles. The van der Waals surface area contributed by atoms with Gasteiger partial charge in [0.25, 0.3) is 11.8 Å². The summed E-state index contributed by atoms with van der Waals surface area (Å²) in [6, 6.07) is 15.2. The number of halogens is 3. The minimum Gasteiger partial charge on any atom is -0.487 e. The van der Waals surface area contributed by atoms with E-state index in [-0.39, 0.29) is 12.2 Å². The third kappa shape index (κ3) is 5.50. The Morgan fingerprint density at radius 2 is 1.69 bits per heavy atom. The van der Waals surface area contributed by atoms with Crippen molar-refractivity contribution >= 4 is 73.1 Å². The quantitative estimate of drug-likeness (QED) is 0.254. The number of rotatable bonds is 5. The van der Waals surface area contributed by atoms with Crippen molar-refractivity contribution in [1.82, 2.24) is 5.32 Å². The number of nitrogens with one attached hydrogen (secondary N) is 1. The summed E-state index contributed by atoms with van der Waals surface area (Å²) in [6.45, 7) is 4.06. The Morgan fingerprint density at radius 1 is 0.971 bits per heavy atom. The van der Waals surface area contributed by atoms with Gasteiger partial charge in [0.1, 0.15) is 17.9 Å². The summed E-state index contributed by atoms with van der Waals surface area (Å²) < 4.78 is 7.38. The Hall–Kier alpha value is -2.94. The van der Waals surface area contributed by atoms with Crippen molar-refractivity contribution in [3.63, 3.8) is 0 Å². The van der Waals surface area contributed by atoms with Gasteiger partial charge < -0.3 is 4.74 Å². The molecule has 1 N–H and O–H groups in total. The number of benzene rings is 3. The van der Waals surface area contributed by atoms with Crippen LogP contribution in [0.1, 0.15) is 22.3 Å². The lowest BCUT2D eigenvalue weighted by Gasteiger charge is -2.27. The Labute approximate surface area is 224 Å². The lowest BCUT2D eigenvalue weighted by atomic mass is 10.0. The van der Waals surface area contributed by atoms with Crippen LogP contribution < -0.4 is 15.0 Å². The molecule has 3 aromatic carbocycles. The standard InChI is InChI=1S/C26H19Br2ClN2O4/c1-14-3-8-20(9-15(14)2)31-25(33)21(24(32)30-26(31)34)11-17-10-18(27)12-22(28)23(17)35-13-16-4-6-19(29)7-5-16/h3-12H,13H2,1-2H3,(H,30,32,34)/b21-11+. The van der Waals surface area contributed by atoms with E-state index >= 15 is 0 Å². The van der Waals surface area contributed by atoms with Crippen LogP contribution in [0.15, 0.2) is 69.1 Å². The lowest BCUT2D eigenvalue weighted by Crippen LogP contribution is -2.54. The van der Waals surface area contributed by atoms with E-state index in [1.54, 1.807) is 36.4 Å². The van der Waals surface area contributed by atoms with Crippen LogP contribution in [0.25, 0.3) is 6.08 Å². The summed E-state index contributed by atoms with van der Waals surface area (Å²) in [5.74, 6) is -1.06. The highest BCUT2D eigenvalue weighted by molar-refractivity contribution is 9.11. The number of ether oxygens (including phenoxy) is 1. The fraction of sp³-hybridized carbons (Fsp3) is 0.115. The SMILES string of the molecule is Cc1ccc(N2C(=O)NC(=O)/C(=C\c3cc(Br)cc(Br)c3OCc3ccc(Cl)cc3)C2=O)cc1C. The Kier molecular flexibility index (Phi) is 7.44. The van der Waals surface area contributed by atoms with Gasteiger partial charge in [-0.2, -0.15) is 0 Å². The van der Waals surface area contributed by atoms with Crippen molar-refractivity contribution in [2.75, 3.05) is 4.90 Å². The van der Waals surface area contributed by atoms with E-state index in [0.717, 1.165) is 21.6 Å². The molecule has 3 aromatic rings. The van der Waals surface area contributed by atoms with Gasteiger partial charge >= 0.3 is 6.03 Å². The minimum atomic E-state index is -0.796. The topological polar surface area (TPSA) is 75.7 Å². The highest BCUT2D eigenvalue weighted by Crippen LogP contribution is 2.36. The highest BCUT2D eigenvalue weighted by Gasteiger charge is 2.37. The molecule has 1 fully saturated rings. The number of hydrogen-bond donors (Lipinski definition) is 1. The van der Waals surface area contributed by atoms with E-state index < -0.39 is 17.8 Å². The molecular formula is C26H19Br2ClN2O4. The van der Waals surface area contributed by atoms with Crippen LogP contribution in [-0.4, -0.2) is 17.8 Å². The van der Waals surface area contributed by atoms with Crippen molar-refractivity contribution in [2.45, 2.75) is 20.5 Å². The second-order valence-corrected chi connectivity index (χ2v) is 10.2. The molecule has 0 bridgehead atoms. The number of carbonyl (C=O) groups is 3. The zero-order valence-corrected chi connectivity index (χ0v) is 22.6. The van der Waals surface area contributed by atoms with E-state index in [1.165, 1.54) is 6.08 Å². The third-order valence-corrected chi connectivity index (χ3v) is 6.78. The first-order valence-electron chi connectivity index (χ1n) is 10.5. The largest absolute Gasteiger partial charge is 0.487 e. The summed E-state index contributed by atoms with van der Waals surface area (Å²) in [6.07, 6.45) is 1.42. The molecule has 9 heteroatoms. The molecule has 4 amide bonds. The summed E-state index contributed by atoms with van der Waals surface area (Å²) in [5.41, 5.74) is 3.49. The van der Waals surface area contributed by atoms with Gasteiger partial charge in [0.15, 0.2) is 0 Å². The average molecular weight is 619 g/mol. The minimum absolute atomic E-state index is 0.191. The summed E-state index contributed by atoms with van der Waals surface area (Å²) in [7, 11) is 0. The van der Waals surface area contributed by atoms with Crippen LogP contribution >= 0.6 is 43.5 Å². The van der Waals surface area contributed by atoms with Crippen LogP contribution in [0.4, 0.5) is 10.5 Å². The number of imide groups is 2. The van der Waals surface area contributed by atoms with E-state index in [2.05, 4.69) is 37.2 Å². The lowest BCUT2D eigenvalue weighted by molar-refractivity contribution is -0.122. The van der Waals surface area contributed by atoms with Crippen LogP contribution in [-0.2, 0) is 16.2 Å². The maximum atomic E-state index is 13.3. The zero-order valence-electron chi connectivity index (χ0n) is 18.7. The molecule has 1 aliphatic heterocycles. The molecule has 1 saturated heterocycles. The first-order chi connectivity index (χ1) is 16.6. The van der Waals surface area contributed by atoms with Crippen molar-refractivity contribution < 1.29 is 19.1 Å². The number of anilines is 1. The molecule has 0 unspecified atom stereocenters. The molecule has 1 heterocycles. The molecule has 1 aliphatic rings. The maximum absolute atomic E-state index is 13.3. The molecule has 0 atom stereocenters. The Balaban J connectivity index is 1.71. The van der Waals surface area contributed by atoms with Crippen molar-refractivity contribution in [3.8, 4) is 5.75 Å². The van der Waals surface area contributed by atoms with E-state index in [9.17, 15) is 14.4 Å². The molecule has 0 spiro atoms. The highest BCUT2D eigenvalue weighted by atomic mass is 79.9. The van der Waals surface area contributed by atoms with E-state index in [0.29, 0.717) is 31.0 Å². The average Bonchev–Trinajstić information content (AvgIpc) is 2.79. The molecular weight excluding hydrogens is 600 g/mol. The monoisotopic (exact) mass is 616 g/mol. The van der Waals surface area contributed by atoms with Gasteiger partial charge in [0.05, 0.1) is 10.2 Å². The number of urea groups is 1. The molecule has 35 heavy (non-hydrogen) atoms. The van der Waals surface area contributed by atoms with Crippen molar-refractivity contribution in [3.05, 3.63) is 96.4 Å². The van der Waals surface area contributed by atoms with Crippen LogP contribution in [0, 0.1) is 13.8 Å². The summed E-state index contributed by atoms with van der Waals surface area (Å²) >= 11 is 12.9. The number of aryl methyl sites for hydroxylation is 2. The first-order valence-corrected chi connectivity index (χ1v) is 12.5. The predicted octanol–water partition coefficient (Wildman–Crippen LogP) is 6.73. The zero-order chi connectivity index (χ0) is 25.3. The van der Waals surface area contributed by atoms with Gasteiger partial charge in [-0.05, 0) is 88.9 Å². The number of hydrogen-bond acceptors (Lipinski definition) is 4. The van der Waals surface area contributed by atoms with E-state index in [1.807, 2.05) is 32.0 Å². The van der Waals surface area contributed by atoms with Gasteiger partial charge in [-0.1, -0.05) is 45.7 Å². The molecule has 0 radical (unpaired) electrons. The van der Waals surface area contributed by atoms with Crippen LogP contribution in [0.2, 0.25) is 5.02 Å². The molecule has 4 rings (SSSR count). The third-order valence-electron chi connectivity index (χ3n) is 5.48.